The van der Waals surface area contributed by atoms with Gasteiger partial charge in [0.25, 0.3) is 0 Å². The average Bonchev–Trinajstić information content (AvgIpc) is 2.50. The van der Waals surface area contributed by atoms with Crippen molar-refractivity contribution in [2.75, 3.05) is 6.54 Å². The van der Waals surface area contributed by atoms with Crippen molar-refractivity contribution in [3.8, 4) is 0 Å². The van der Waals surface area contributed by atoms with Gasteiger partial charge in [0.2, 0.25) is 5.91 Å². The Labute approximate surface area is 163 Å². The molecule has 1 amide bonds. The molecule has 1 rings (SSSR count). The molecule has 0 radical (unpaired) electrons. The van der Waals surface area contributed by atoms with Gasteiger partial charge < -0.3 is 10.6 Å². The molecule has 1 aliphatic rings. The van der Waals surface area contributed by atoms with Crippen LogP contribution in [-0.2, 0) is 4.79 Å². The van der Waals surface area contributed by atoms with Gasteiger partial charge in [-0.2, -0.15) is 0 Å². The molecule has 0 spiro atoms. The van der Waals surface area contributed by atoms with Crippen LogP contribution in [0.1, 0.15) is 118 Å². The van der Waals surface area contributed by atoms with Gasteiger partial charge in [-0.25, -0.2) is 0 Å². The third-order valence-corrected chi connectivity index (χ3v) is 5.66. The molecule has 0 aliphatic carbocycles. The van der Waals surface area contributed by atoms with Crippen molar-refractivity contribution >= 4 is 5.91 Å². The van der Waals surface area contributed by atoms with Gasteiger partial charge in [0.15, 0.2) is 0 Å². The Morgan fingerprint density at radius 2 is 1.38 bits per heavy atom. The maximum Gasteiger partial charge on any atom is 0.219 e. The van der Waals surface area contributed by atoms with Gasteiger partial charge in [0, 0.05) is 24.0 Å². The molecule has 154 valence electrons. The van der Waals surface area contributed by atoms with Crippen LogP contribution in [0, 0.1) is 5.92 Å². The predicted molar refractivity (Wildman–Crippen MR) is 113 cm³/mol. The maximum absolute atomic E-state index is 12.0. The van der Waals surface area contributed by atoms with E-state index < -0.39 is 0 Å². The van der Waals surface area contributed by atoms with Gasteiger partial charge in [0.05, 0.1) is 0 Å². The number of rotatable bonds is 13. The minimum Gasteiger partial charge on any atom is -0.356 e. The Morgan fingerprint density at radius 1 is 0.885 bits per heavy atom. The Morgan fingerprint density at radius 3 is 1.92 bits per heavy atom. The monoisotopic (exact) mass is 366 g/mol. The van der Waals surface area contributed by atoms with Crippen LogP contribution >= 0.6 is 0 Å². The predicted octanol–water partition coefficient (Wildman–Crippen LogP) is 5.97. The van der Waals surface area contributed by atoms with E-state index in [-0.39, 0.29) is 17.0 Å². The van der Waals surface area contributed by atoms with Gasteiger partial charge in [-0.05, 0) is 59.3 Å². The maximum atomic E-state index is 12.0. The van der Waals surface area contributed by atoms with E-state index in [0.717, 1.165) is 19.4 Å². The summed E-state index contributed by atoms with van der Waals surface area (Å²) in [6, 6.07) is 0. The Hall–Kier alpha value is -0.570. The number of nitrogens with one attached hydrogen (secondary N) is 2. The second-order valence-electron chi connectivity index (χ2n) is 9.88. The van der Waals surface area contributed by atoms with E-state index in [1.54, 1.807) is 0 Å². The highest BCUT2D eigenvalue weighted by molar-refractivity contribution is 5.75. The van der Waals surface area contributed by atoms with Crippen molar-refractivity contribution in [3.05, 3.63) is 0 Å². The largest absolute Gasteiger partial charge is 0.356 e. The fraction of sp³-hybridized carbons (Fsp3) is 0.957. The summed E-state index contributed by atoms with van der Waals surface area (Å²) in [5.41, 5.74) is 0.403. The molecular weight excluding hydrogens is 320 g/mol. The Kier molecular flexibility index (Phi) is 10.8. The summed E-state index contributed by atoms with van der Waals surface area (Å²) in [4.78, 5) is 12.0. The lowest BCUT2D eigenvalue weighted by Crippen LogP contribution is -2.58. The second-order valence-corrected chi connectivity index (χ2v) is 9.88. The molecule has 26 heavy (non-hydrogen) atoms. The molecule has 2 N–H and O–H groups in total. The molecule has 0 bridgehead atoms. The zero-order valence-electron chi connectivity index (χ0n) is 18.4. The fourth-order valence-electron chi connectivity index (χ4n) is 4.84. The van der Waals surface area contributed by atoms with Crippen molar-refractivity contribution in [1.82, 2.24) is 10.6 Å². The topological polar surface area (TPSA) is 41.1 Å². The van der Waals surface area contributed by atoms with Crippen molar-refractivity contribution in [2.45, 2.75) is 129 Å². The summed E-state index contributed by atoms with van der Waals surface area (Å²) >= 11 is 0. The van der Waals surface area contributed by atoms with Crippen LogP contribution in [0.5, 0.6) is 0 Å². The van der Waals surface area contributed by atoms with Crippen LogP contribution in [0.3, 0.4) is 0 Å². The first kappa shape index (κ1) is 23.5. The summed E-state index contributed by atoms with van der Waals surface area (Å²) in [5.74, 6) is 0.953. The summed E-state index contributed by atoms with van der Waals surface area (Å²) in [6.45, 7) is 12.3. The van der Waals surface area contributed by atoms with Crippen molar-refractivity contribution < 1.29 is 4.79 Å². The van der Waals surface area contributed by atoms with Gasteiger partial charge in [-0.1, -0.05) is 58.3 Å². The molecule has 0 unspecified atom stereocenters. The lowest BCUT2D eigenvalue weighted by atomic mass is 9.75. The van der Waals surface area contributed by atoms with Gasteiger partial charge in [-0.3, -0.25) is 4.79 Å². The van der Waals surface area contributed by atoms with Gasteiger partial charge in [0.1, 0.15) is 0 Å². The van der Waals surface area contributed by atoms with Crippen LogP contribution in [0.2, 0.25) is 0 Å². The molecule has 0 saturated carbocycles. The molecule has 0 aromatic carbocycles. The summed E-state index contributed by atoms with van der Waals surface area (Å²) < 4.78 is 0. The molecule has 3 heteroatoms. The van der Waals surface area contributed by atoms with Gasteiger partial charge >= 0.3 is 0 Å². The van der Waals surface area contributed by atoms with E-state index in [0.29, 0.717) is 12.3 Å². The number of carbonyl (C=O) groups is 1. The highest BCUT2D eigenvalue weighted by Gasteiger charge is 2.37. The van der Waals surface area contributed by atoms with Gasteiger partial charge in [-0.15, -0.1) is 0 Å². The highest BCUT2D eigenvalue weighted by Crippen LogP contribution is 2.34. The van der Waals surface area contributed by atoms with Crippen LogP contribution in [0.15, 0.2) is 0 Å². The van der Waals surface area contributed by atoms with Crippen LogP contribution in [0.25, 0.3) is 0 Å². The summed E-state index contributed by atoms with van der Waals surface area (Å²) in [7, 11) is 0. The van der Waals surface area contributed by atoms with E-state index in [4.69, 9.17) is 0 Å². The summed E-state index contributed by atoms with van der Waals surface area (Å²) in [5, 5.41) is 6.88. The first-order valence-electron chi connectivity index (χ1n) is 11.3. The SMILES string of the molecule is CCCCCCCCCCCC(=O)NCCC1CC(C)(C)NC(C)(C)C1. The first-order chi connectivity index (χ1) is 12.2. The minimum atomic E-state index is 0.201. The number of hydrogen-bond acceptors (Lipinski definition) is 2. The molecule has 0 aromatic heterocycles. The van der Waals surface area contributed by atoms with Crippen molar-refractivity contribution in [2.24, 2.45) is 5.92 Å². The van der Waals surface area contributed by atoms with Crippen LogP contribution < -0.4 is 10.6 Å². The van der Waals surface area contributed by atoms with Crippen molar-refractivity contribution in [1.29, 1.82) is 0 Å². The number of unbranched alkanes of at least 4 members (excludes halogenated alkanes) is 8. The quantitative estimate of drug-likeness (QED) is 0.394. The third-order valence-electron chi connectivity index (χ3n) is 5.66. The summed E-state index contributed by atoms with van der Waals surface area (Å²) in [6.07, 6.45) is 16.0. The van der Waals surface area contributed by atoms with E-state index in [1.807, 2.05) is 0 Å². The molecule has 1 heterocycles. The van der Waals surface area contributed by atoms with E-state index >= 15 is 0 Å². The lowest BCUT2D eigenvalue weighted by Gasteiger charge is -2.46. The molecule has 0 atom stereocenters. The van der Waals surface area contributed by atoms with E-state index in [9.17, 15) is 4.79 Å². The number of hydrogen-bond donors (Lipinski definition) is 2. The fourth-order valence-corrected chi connectivity index (χ4v) is 4.84. The van der Waals surface area contributed by atoms with Crippen molar-refractivity contribution in [3.63, 3.8) is 0 Å². The third kappa shape index (κ3) is 11.2. The molecular formula is C23H46N2O. The minimum absolute atomic E-state index is 0.201. The number of carbonyl (C=O) groups excluding carboxylic acids is 1. The lowest BCUT2D eigenvalue weighted by molar-refractivity contribution is -0.121. The van der Waals surface area contributed by atoms with E-state index in [1.165, 1.54) is 64.2 Å². The number of amides is 1. The first-order valence-corrected chi connectivity index (χ1v) is 11.3. The molecule has 1 fully saturated rings. The molecule has 3 nitrogen and oxygen atoms in total. The molecule has 0 aromatic rings. The van der Waals surface area contributed by atoms with E-state index in [2.05, 4.69) is 45.3 Å². The van der Waals surface area contributed by atoms with Crippen LogP contribution in [-0.4, -0.2) is 23.5 Å². The zero-order chi connectivity index (χ0) is 19.5. The second kappa shape index (κ2) is 12.0. The molecule has 1 saturated heterocycles. The number of piperidine rings is 1. The normalized spacial score (nSPS) is 19.4. The van der Waals surface area contributed by atoms with Crippen LogP contribution in [0.4, 0.5) is 0 Å². The standard InChI is InChI=1S/C23H46N2O/c1-6-7-8-9-10-11-12-13-14-15-21(26)24-17-16-20-18-22(2,3)25-23(4,5)19-20/h20,25H,6-19H2,1-5H3,(H,24,26). The Balaban J connectivity index is 2.01. The smallest absolute Gasteiger partial charge is 0.219 e. The average molecular weight is 367 g/mol. The zero-order valence-corrected chi connectivity index (χ0v) is 18.4. The Bertz CT molecular complexity index is 374. The highest BCUT2D eigenvalue weighted by atomic mass is 16.1. The molecule has 1 aliphatic heterocycles.